The predicted octanol–water partition coefficient (Wildman–Crippen LogP) is 1.44. The summed E-state index contributed by atoms with van der Waals surface area (Å²) in [5.41, 5.74) is 0. The van der Waals surface area contributed by atoms with Crippen molar-refractivity contribution in [3.05, 3.63) is 0 Å². The second kappa shape index (κ2) is 6.35. The number of aliphatic carboxylic acids is 1. The fourth-order valence-corrected chi connectivity index (χ4v) is 1.85. The molecular formula is C11H20N2O3. The van der Waals surface area contributed by atoms with E-state index in [2.05, 4.69) is 5.32 Å². The number of nitrogens with one attached hydrogen (secondary N) is 1. The Hall–Kier alpha value is -1.26. The fourth-order valence-electron chi connectivity index (χ4n) is 1.85. The Balaban J connectivity index is 2.46. The summed E-state index contributed by atoms with van der Waals surface area (Å²) in [4.78, 5) is 24.3. The lowest BCUT2D eigenvalue weighted by atomic mass is 10.2. The van der Waals surface area contributed by atoms with Gasteiger partial charge in [0.1, 0.15) is 6.04 Å². The van der Waals surface area contributed by atoms with Crippen molar-refractivity contribution in [2.45, 2.75) is 45.1 Å². The quantitative estimate of drug-likeness (QED) is 0.767. The molecule has 0 unspecified atom stereocenters. The average Bonchev–Trinajstić information content (AvgIpc) is 2.53. The van der Waals surface area contributed by atoms with E-state index in [-0.39, 0.29) is 6.03 Å². The van der Waals surface area contributed by atoms with Gasteiger partial charge in [-0.2, -0.15) is 0 Å². The Bertz CT molecular complexity index is 248. The van der Waals surface area contributed by atoms with E-state index in [4.69, 9.17) is 5.11 Å². The Morgan fingerprint density at radius 2 is 1.81 bits per heavy atom. The summed E-state index contributed by atoms with van der Waals surface area (Å²) in [7, 11) is 0. The molecule has 1 aliphatic heterocycles. The Morgan fingerprint density at radius 1 is 1.25 bits per heavy atom. The maximum atomic E-state index is 11.8. The highest BCUT2D eigenvalue weighted by Crippen LogP contribution is 2.09. The number of likely N-dealkylation sites (tertiary alicyclic amines) is 1. The molecule has 2 amide bonds. The molecule has 1 atom stereocenters. The second-order valence-electron chi connectivity index (χ2n) is 4.15. The van der Waals surface area contributed by atoms with Crippen molar-refractivity contribution in [3.63, 3.8) is 0 Å². The normalized spacial score (nSPS) is 18.7. The van der Waals surface area contributed by atoms with Crippen LogP contribution in [0.4, 0.5) is 4.79 Å². The van der Waals surface area contributed by atoms with E-state index in [9.17, 15) is 9.59 Å². The zero-order valence-electron chi connectivity index (χ0n) is 9.74. The molecule has 2 N–H and O–H groups in total. The summed E-state index contributed by atoms with van der Waals surface area (Å²) in [6.07, 6.45) is 4.74. The summed E-state index contributed by atoms with van der Waals surface area (Å²) in [6, 6.07) is -1.01. The van der Waals surface area contributed by atoms with Gasteiger partial charge in [0.15, 0.2) is 0 Å². The van der Waals surface area contributed by atoms with Gasteiger partial charge in [0.05, 0.1) is 0 Å². The zero-order valence-corrected chi connectivity index (χ0v) is 9.74. The molecule has 1 fully saturated rings. The minimum atomic E-state index is -0.967. The Morgan fingerprint density at radius 3 is 2.25 bits per heavy atom. The monoisotopic (exact) mass is 228 g/mol. The van der Waals surface area contributed by atoms with Crippen LogP contribution in [-0.4, -0.2) is 41.1 Å². The van der Waals surface area contributed by atoms with E-state index in [1.54, 1.807) is 11.8 Å². The topological polar surface area (TPSA) is 69.6 Å². The van der Waals surface area contributed by atoms with E-state index in [0.717, 1.165) is 38.8 Å². The van der Waals surface area contributed by atoms with Crippen LogP contribution in [0.25, 0.3) is 0 Å². The lowest BCUT2D eigenvalue weighted by molar-refractivity contribution is -0.139. The first-order chi connectivity index (χ1) is 7.65. The van der Waals surface area contributed by atoms with Gasteiger partial charge in [-0.1, -0.05) is 19.8 Å². The smallest absolute Gasteiger partial charge is 0.326 e. The number of hydrogen-bond acceptors (Lipinski definition) is 2. The number of amides is 2. The van der Waals surface area contributed by atoms with Crippen LogP contribution in [0.2, 0.25) is 0 Å². The van der Waals surface area contributed by atoms with Gasteiger partial charge in [-0.25, -0.2) is 9.59 Å². The molecule has 0 aromatic carbocycles. The molecule has 0 aromatic rings. The summed E-state index contributed by atoms with van der Waals surface area (Å²) >= 11 is 0. The van der Waals surface area contributed by atoms with Crippen molar-refractivity contribution in [2.75, 3.05) is 13.1 Å². The standard InChI is InChI=1S/C11H20N2O3/c1-2-9(10(14)15)12-11(16)13-7-5-3-4-6-8-13/h9H,2-8H2,1H3,(H,12,16)(H,14,15)/t9-/m1/s1. The number of hydrogen-bond donors (Lipinski definition) is 2. The minimum absolute atomic E-state index is 0.240. The highest BCUT2D eigenvalue weighted by molar-refractivity contribution is 5.82. The average molecular weight is 228 g/mol. The number of carbonyl (C=O) groups excluding carboxylic acids is 1. The second-order valence-corrected chi connectivity index (χ2v) is 4.15. The van der Waals surface area contributed by atoms with Gasteiger partial charge in [-0.05, 0) is 19.3 Å². The van der Waals surface area contributed by atoms with Crippen molar-refractivity contribution in [2.24, 2.45) is 0 Å². The number of carbonyl (C=O) groups is 2. The molecule has 1 rings (SSSR count). The van der Waals surface area contributed by atoms with Gasteiger partial charge in [0, 0.05) is 13.1 Å². The number of carboxylic acids is 1. The van der Waals surface area contributed by atoms with Crippen molar-refractivity contribution in [3.8, 4) is 0 Å². The summed E-state index contributed by atoms with van der Waals surface area (Å²) < 4.78 is 0. The first-order valence-corrected chi connectivity index (χ1v) is 5.93. The molecule has 1 heterocycles. The molecule has 1 aliphatic rings. The van der Waals surface area contributed by atoms with Crippen LogP contribution in [0.1, 0.15) is 39.0 Å². The van der Waals surface area contributed by atoms with Crippen LogP contribution in [0.3, 0.4) is 0 Å². The highest BCUT2D eigenvalue weighted by atomic mass is 16.4. The van der Waals surface area contributed by atoms with Gasteiger partial charge in [0.2, 0.25) is 0 Å². The van der Waals surface area contributed by atoms with Gasteiger partial charge in [-0.3, -0.25) is 0 Å². The van der Waals surface area contributed by atoms with Crippen LogP contribution in [0, 0.1) is 0 Å². The summed E-state index contributed by atoms with van der Waals surface area (Å²) in [6.45, 7) is 3.23. The summed E-state index contributed by atoms with van der Waals surface area (Å²) in [5.74, 6) is -0.967. The molecule has 92 valence electrons. The summed E-state index contributed by atoms with van der Waals surface area (Å²) in [5, 5.41) is 11.4. The molecule has 5 nitrogen and oxygen atoms in total. The van der Waals surface area contributed by atoms with E-state index < -0.39 is 12.0 Å². The number of carboxylic acid groups (broad SMARTS) is 1. The van der Waals surface area contributed by atoms with Crippen LogP contribution in [-0.2, 0) is 4.79 Å². The van der Waals surface area contributed by atoms with Crippen molar-refractivity contribution in [1.29, 1.82) is 0 Å². The van der Waals surface area contributed by atoms with Crippen LogP contribution in [0.5, 0.6) is 0 Å². The molecule has 0 radical (unpaired) electrons. The predicted molar refractivity (Wildman–Crippen MR) is 60.3 cm³/mol. The lowest BCUT2D eigenvalue weighted by Gasteiger charge is -2.23. The van der Waals surface area contributed by atoms with E-state index >= 15 is 0 Å². The van der Waals surface area contributed by atoms with Crippen molar-refractivity contribution in [1.82, 2.24) is 10.2 Å². The first-order valence-electron chi connectivity index (χ1n) is 5.93. The zero-order chi connectivity index (χ0) is 12.0. The Labute approximate surface area is 95.8 Å². The molecule has 5 heteroatoms. The van der Waals surface area contributed by atoms with Crippen LogP contribution >= 0.6 is 0 Å². The molecule has 0 bridgehead atoms. The number of rotatable bonds is 3. The highest BCUT2D eigenvalue weighted by Gasteiger charge is 2.21. The van der Waals surface area contributed by atoms with E-state index in [1.165, 1.54) is 0 Å². The van der Waals surface area contributed by atoms with Crippen molar-refractivity contribution >= 4 is 12.0 Å². The van der Waals surface area contributed by atoms with Gasteiger partial charge in [-0.15, -0.1) is 0 Å². The third-order valence-electron chi connectivity index (χ3n) is 2.90. The SMILES string of the molecule is CC[C@@H](NC(=O)N1CCCCCC1)C(=O)O. The third kappa shape index (κ3) is 3.72. The molecule has 0 aromatic heterocycles. The third-order valence-corrected chi connectivity index (χ3v) is 2.90. The minimum Gasteiger partial charge on any atom is -0.480 e. The van der Waals surface area contributed by atoms with E-state index in [1.807, 2.05) is 0 Å². The van der Waals surface area contributed by atoms with Gasteiger partial charge < -0.3 is 15.3 Å². The van der Waals surface area contributed by atoms with Crippen LogP contribution in [0.15, 0.2) is 0 Å². The number of nitrogens with zero attached hydrogens (tertiary/aromatic N) is 1. The lowest BCUT2D eigenvalue weighted by Crippen LogP contribution is -2.47. The molecule has 1 saturated heterocycles. The first kappa shape index (κ1) is 12.8. The van der Waals surface area contributed by atoms with Crippen LogP contribution < -0.4 is 5.32 Å². The Kier molecular flexibility index (Phi) is 5.08. The van der Waals surface area contributed by atoms with Crippen molar-refractivity contribution < 1.29 is 14.7 Å². The van der Waals surface area contributed by atoms with Gasteiger partial charge >= 0.3 is 12.0 Å². The molecule has 0 saturated carbocycles. The molecular weight excluding hydrogens is 208 g/mol. The number of urea groups is 1. The molecule has 0 aliphatic carbocycles. The van der Waals surface area contributed by atoms with E-state index in [0.29, 0.717) is 6.42 Å². The molecule has 16 heavy (non-hydrogen) atoms. The maximum absolute atomic E-state index is 11.8. The fraction of sp³-hybridized carbons (Fsp3) is 0.818. The van der Waals surface area contributed by atoms with Gasteiger partial charge in [0.25, 0.3) is 0 Å². The molecule has 0 spiro atoms. The maximum Gasteiger partial charge on any atom is 0.326 e. The largest absolute Gasteiger partial charge is 0.480 e.